The van der Waals surface area contributed by atoms with E-state index in [0.29, 0.717) is 18.3 Å². The second-order valence-electron chi connectivity index (χ2n) is 7.59. The summed E-state index contributed by atoms with van der Waals surface area (Å²) in [4.78, 5) is 42.3. The molecule has 1 atom stereocenters. The number of amides is 3. The lowest BCUT2D eigenvalue weighted by Gasteiger charge is -2.27. The van der Waals surface area contributed by atoms with Gasteiger partial charge < -0.3 is 20.3 Å². The zero-order valence-electron chi connectivity index (χ0n) is 16.1. The molecule has 1 saturated heterocycles. The number of anilines is 1. The van der Waals surface area contributed by atoms with Gasteiger partial charge in [-0.15, -0.1) is 11.3 Å². The maximum absolute atomic E-state index is 12.6. The molecule has 0 aromatic carbocycles. The Kier molecular flexibility index (Phi) is 7.73. The van der Waals surface area contributed by atoms with Gasteiger partial charge in [0, 0.05) is 43.1 Å². The van der Waals surface area contributed by atoms with Crippen LogP contribution in [0.4, 0.5) is 5.13 Å². The third-order valence-corrected chi connectivity index (χ3v) is 4.58. The summed E-state index contributed by atoms with van der Waals surface area (Å²) in [6, 6.07) is 0. The van der Waals surface area contributed by atoms with Gasteiger partial charge in [0.05, 0.1) is 12.6 Å². The molecule has 1 aromatic heterocycles. The number of thiazole rings is 1. The number of rotatable bonds is 8. The van der Waals surface area contributed by atoms with E-state index < -0.39 is 0 Å². The lowest BCUT2D eigenvalue weighted by molar-refractivity contribution is -0.138. The minimum Gasteiger partial charge on any atom is -0.376 e. The van der Waals surface area contributed by atoms with E-state index in [1.165, 1.54) is 16.2 Å². The molecule has 1 fully saturated rings. The van der Waals surface area contributed by atoms with Crippen molar-refractivity contribution in [1.82, 2.24) is 15.2 Å². The van der Waals surface area contributed by atoms with Crippen molar-refractivity contribution in [1.29, 1.82) is 0 Å². The largest absolute Gasteiger partial charge is 0.376 e. The molecule has 2 rings (SSSR count). The first kappa shape index (κ1) is 21.3. The van der Waals surface area contributed by atoms with Gasteiger partial charge in [0.15, 0.2) is 5.13 Å². The second kappa shape index (κ2) is 9.80. The number of hydrogen-bond donors (Lipinski definition) is 2. The Labute approximate surface area is 163 Å². The average Bonchev–Trinajstić information content (AvgIpc) is 3.24. The van der Waals surface area contributed by atoms with E-state index >= 15 is 0 Å². The molecule has 0 unspecified atom stereocenters. The summed E-state index contributed by atoms with van der Waals surface area (Å²) in [6.07, 6.45) is 3.45. The van der Waals surface area contributed by atoms with Crippen LogP contribution in [-0.2, 0) is 19.1 Å². The van der Waals surface area contributed by atoms with Crippen molar-refractivity contribution in [2.45, 2.75) is 58.1 Å². The van der Waals surface area contributed by atoms with Gasteiger partial charge >= 0.3 is 0 Å². The van der Waals surface area contributed by atoms with Crippen LogP contribution < -0.4 is 10.6 Å². The van der Waals surface area contributed by atoms with Gasteiger partial charge in [-0.1, -0.05) is 0 Å². The summed E-state index contributed by atoms with van der Waals surface area (Å²) in [5, 5.41) is 7.79. The summed E-state index contributed by atoms with van der Waals surface area (Å²) in [6.45, 7) is 6.67. The third kappa shape index (κ3) is 8.04. The molecule has 0 radical (unpaired) electrons. The van der Waals surface area contributed by atoms with Crippen LogP contribution in [-0.4, -0.2) is 58.9 Å². The molecular weight excluding hydrogens is 368 g/mol. The number of nitrogens with one attached hydrogen (secondary N) is 2. The molecule has 0 spiro atoms. The number of aromatic nitrogens is 1. The van der Waals surface area contributed by atoms with E-state index in [9.17, 15) is 14.4 Å². The molecule has 150 valence electrons. The summed E-state index contributed by atoms with van der Waals surface area (Å²) in [5.74, 6) is -0.723. The highest BCUT2D eigenvalue weighted by Crippen LogP contribution is 2.15. The van der Waals surface area contributed by atoms with Crippen LogP contribution in [0.15, 0.2) is 11.6 Å². The molecular formula is C18H28N4O4S. The van der Waals surface area contributed by atoms with Gasteiger partial charge in [-0.3, -0.25) is 14.4 Å². The summed E-state index contributed by atoms with van der Waals surface area (Å²) in [5.41, 5.74) is -0.372. The smallest absolute Gasteiger partial charge is 0.240 e. The molecule has 0 aliphatic carbocycles. The zero-order chi connectivity index (χ0) is 19.9. The molecule has 0 saturated carbocycles. The summed E-state index contributed by atoms with van der Waals surface area (Å²) >= 11 is 1.32. The number of nitrogens with zero attached hydrogens (tertiary/aromatic N) is 2. The van der Waals surface area contributed by atoms with E-state index in [-0.39, 0.29) is 48.8 Å². The Balaban J connectivity index is 1.88. The number of carbonyl (C=O) groups is 3. The Hall–Kier alpha value is -2.00. The summed E-state index contributed by atoms with van der Waals surface area (Å²) < 4.78 is 5.60. The predicted octanol–water partition coefficient (Wildman–Crippen LogP) is 1.78. The quantitative estimate of drug-likeness (QED) is 0.698. The Bertz CT molecular complexity index is 636. The summed E-state index contributed by atoms with van der Waals surface area (Å²) in [7, 11) is 0. The molecule has 9 heteroatoms. The van der Waals surface area contributed by atoms with E-state index in [4.69, 9.17) is 4.74 Å². The molecule has 1 aliphatic heterocycles. The van der Waals surface area contributed by atoms with Gasteiger partial charge in [0.1, 0.15) is 0 Å². The minimum atomic E-state index is -0.372. The zero-order valence-corrected chi connectivity index (χ0v) is 16.9. The predicted molar refractivity (Wildman–Crippen MR) is 103 cm³/mol. The molecule has 2 N–H and O–H groups in total. The Morgan fingerprint density at radius 1 is 1.30 bits per heavy atom. The topological polar surface area (TPSA) is 101 Å². The Morgan fingerprint density at radius 3 is 2.67 bits per heavy atom. The van der Waals surface area contributed by atoms with Crippen molar-refractivity contribution >= 4 is 34.2 Å². The standard InChI is InChI=1S/C18H28N4O4S/c1-18(2,3)21-15(24)12-22(11-13-5-4-9-26-13)16(25)7-6-14(23)20-17-19-8-10-27-17/h8,10,13H,4-7,9,11-12H2,1-3H3,(H,21,24)(H,19,20,23)/t13-/m1/s1. The van der Waals surface area contributed by atoms with Crippen LogP contribution in [0.2, 0.25) is 0 Å². The fraction of sp³-hybridized carbons (Fsp3) is 0.667. The van der Waals surface area contributed by atoms with Crippen molar-refractivity contribution in [3.8, 4) is 0 Å². The lowest BCUT2D eigenvalue weighted by atomic mass is 10.1. The number of hydrogen-bond acceptors (Lipinski definition) is 6. The fourth-order valence-corrected chi connectivity index (χ4v) is 3.31. The Morgan fingerprint density at radius 2 is 2.07 bits per heavy atom. The lowest BCUT2D eigenvalue weighted by Crippen LogP contribution is -2.49. The number of ether oxygens (including phenoxy) is 1. The van der Waals surface area contributed by atoms with Gasteiger partial charge in [-0.05, 0) is 33.6 Å². The maximum atomic E-state index is 12.6. The molecule has 8 nitrogen and oxygen atoms in total. The second-order valence-corrected chi connectivity index (χ2v) is 8.49. The fourth-order valence-electron chi connectivity index (χ4n) is 2.77. The van der Waals surface area contributed by atoms with Crippen molar-refractivity contribution < 1.29 is 19.1 Å². The normalized spacial score (nSPS) is 16.8. The van der Waals surface area contributed by atoms with Crippen LogP contribution >= 0.6 is 11.3 Å². The van der Waals surface area contributed by atoms with Crippen LogP contribution in [0.5, 0.6) is 0 Å². The highest BCUT2D eigenvalue weighted by molar-refractivity contribution is 7.13. The van der Waals surface area contributed by atoms with E-state index in [1.807, 2.05) is 20.8 Å². The third-order valence-electron chi connectivity index (χ3n) is 3.89. The molecule has 1 aliphatic rings. The average molecular weight is 397 g/mol. The van der Waals surface area contributed by atoms with E-state index in [0.717, 1.165) is 12.8 Å². The van der Waals surface area contributed by atoms with Crippen LogP contribution in [0.3, 0.4) is 0 Å². The van der Waals surface area contributed by atoms with Gasteiger partial charge in [-0.25, -0.2) is 4.98 Å². The molecule has 3 amide bonds. The van der Waals surface area contributed by atoms with Crippen LogP contribution in [0.25, 0.3) is 0 Å². The SMILES string of the molecule is CC(C)(C)NC(=O)CN(C[C@H]1CCCO1)C(=O)CCC(=O)Nc1nccs1. The molecule has 2 heterocycles. The van der Waals surface area contributed by atoms with Crippen LogP contribution in [0, 0.1) is 0 Å². The molecule has 0 bridgehead atoms. The highest BCUT2D eigenvalue weighted by Gasteiger charge is 2.26. The number of carbonyl (C=O) groups excluding carboxylic acids is 3. The molecule has 1 aromatic rings. The first-order valence-corrected chi connectivity index (χ1v) is 10.0. The van der Waals surface area contributed by atoms with Gasteiger partial charge in [0.25, 0.3) is 0 Å². The van der Waals surface area contributed by atoms with Crippen molar-refractivity contribution in [2.75, 3.05) is 25.0 Å². The minimum absolute atomic E-state index is 0.0345. The monoisotopic (exact) mass is 396 g/mol. The van der Waals surface area contributed by atoms with Crippen molar-refractivity contribution in [3.05, 3.63) is 11.6 Å². The van der Waals surface area contributed by atoms with Gasteiger partial charge in [-0.2, -0.15) is 0 Å². The highest BCUT2D eigenvalue weighted by atomic mass is 32.1. The van der Waals surface area contributed by atoms with Crippen molar-refractivity contribution in [2.24, 2.45) is 0 Å². The first-order chi connectivity index (χ1) is 12.7. The van der Waals surface area contributed by atoms with E-state index in [1.54, 1.807) is 11.6 Å². The van der Waals surface area contributed by atoms with E-state index in [2.05, 4.69) is 15.6 Å². The first-order valence-electron chi connectivity index (χ1n) is 9.12. The van der Waals surface area contributed by atoms with Crippen LogP contribution in [0.1, 0.15) is 46.5 Å². The maximum Gasteiger partial charge on any atom is 0.240 e. The molecule has 27 heavy (non-hydrogen) atoms. The van der Waals surface area contributed by atoms with Gasteiger partial charge in [0.2, 0.25) is 17.7 Å². The van der Waals surface area contributed by atoms with Crippen molar-refractivity contribution in [3.63, 3.8) is 0 Å².